The molecular formula is C11H18N2S2. The molecule has 2 unspecified atom stereocenters. The van der Waals surface area contributed by atoms with Crippen molar-refractivity contribution < 1.29 is 0 Å². The lowest BCUT2D eigenvalue weighted by Crippen LogP contribution is -2.24. The average molecular weight is 242 g/mol. The van der Waals surface area contributed by atoms with Gasteiger partial charge in [-0.3, -0.25) is 0 Å². The van der Waals surface area contributed by atoms with Crippen LogP contribution in [0.15, 0.2) is 9.72 Å². The molecule has 1 fully saturated rings. The van der Waals surface area contributed by atoms with Crippen molar-refractivity contribution in [1.29, 1.82) is 0 Å². The van der Waals surface area contributed by atoms with Gasteiger partial charge in [-0.2, -0.15) is 0 Å². The molecule has 0 aromatic carbocycles. The van der Waals surface area contributed by atoms with Crippen molar-refractivity contribution in [3.05, 3.63) is 11.1 Å². The lowest BCUT2D eigenvalue weighted by Gasteiger charge is -2.13. The van der Waals surface area contributed by atoms with E-state index in [4.69, 9.17) is 5.73 Å². The van der Waals surface area contributed by atoms with Crippen LogP contribution in [0.5, 0.6) is 0 Å². The number of hydrogen-bond acceptors (Lipinski definition) is 4. The van der Waals surface area contributed by atoms with Crippen molar-refractivity contribution in [2.45, 2.75) is 43.0 Å². The largest absolute Gasteiger partial charge is 0.327 e. The fourth-order valence-corrected chi connectivity index (χ4v) is 4.11. The van der Waals surface area contributed by atoms with Gasteiger partial charge in [0, 0.05) is 22.9 Å². The van der Waals surface area contributed by atoms with Gasteiger partial charge in [0.25, 0.3) is 0 Å². The molecule has 15 heavy (non-hydrogen) atoms. The summed E-state index contributed by atoms with van der Waals surface area (Å²) in [6.07, 6.45) is 5.14. The van der Waals surface area contributed by atoms with Gasteiger partial charge >= 0.3 is 0 Å². The highest BCUT2D eigenvalue weighted by Gasteiger charge is 2.23. The van der Waals surface area contributed by atoms with E-state index in [1.807, 2.05) is 18.7 Å². The third-order valence-electron chi connectivity index (χ3n) is 3.03. The molecule has 84 valence electrons. The number of nitrogens with two attached hydrogens (primary N) is 1. The molecular weight excluding hydrogens is 224 g/mol. The van der Waals surface area contributed by atoms with Crippen LogP contribution in [-0.2, 0) is 0 Å². The second-order valence-electron chi connectivity index (χ2n) is 4.25. The van der Waals surface area contributed by atoms with Gasteiger partial charge in [0.2, 0.25) is 0 Å². The van der Waals surface area contributed by atoms with E-state index in [2.05, 4.69) is 10.4 Å². The molecule has 0 radical (unpaired) electrons. The SMILES string of the molecule is Cc1csc(SCCC2CCCC2N)n1. The predicted molar refractivity (Wildman–Crippen MR) is 67.5 cm³/mol. The fourth-order valence-electron chi connectivity index (χ4n) is 2.12. The van der Waals surface area contributed by atoms with Gasteiger partial charge in [-0.25, -0.2) is 4.98 Å². The molecule has 1 heterocycles. The second-order valence-corrected chi connectivity index (χ2v) is 6.45. The highest BCUT2D eigenvalue weighted by Crippen LogP contribution is 2.30. The Bertz CT molecular complexity index is 311. The molecule has 0 saturated heterocycles. The lowest BCUT2D eigenvalue weighted by molar-refractivity contribution is 0.470. The topological polar surface area (TPSA) is 38.9 Å². The summed E-state index contributed by atoms with van der Waals surface area (Å²) in [5.41, 5.74) is 7.18. The molecule has 1 aliphatic rings. The molecule has 1 aromatic heterocycles. The summed E-state index contributed by atoms with van der Waals surface area (Å²) >= 11 is 3.64. The van der Waals surface area contributed by atoms with Crippen LogP contribution in [0.2, 0.25) is 0 Å². The first-order valence-electron chi connectivity index (χ1n) is 5.56. The minimum absolute atomic E-state index is 0.462. The summed E-state index contributed by atoms with van der Waals surface area (Å²) in [5.74, 6) is 1.93. The Balaban J connectivity index is 1.70. The summed E-state index contributed by atoms with van der Waals surface area (Å²) in [5, 5.41) is 2.11. The van der Waals surface area contributed by atoms with E-state index in [0.717, 1.165) is 11.6 Å². The second kappa shape index (κ2) is 5.32. The van der Waals surface area contributed by atoms with E-state index in [1.165, 1.54) is 35.8 Å². The number of aromatic nitrogens is 1. The quantitative estimate of drug-likeness (QED) is 0.825. The van der Waals surface area contributed by atoms with Crippen molar-refractivity contribution in [3.63, 3.8) is 0 Å². The number of aryl methyl sites for hydroxylation is 1. The molecule has 0 amide bonds. The van der Waals surface area contributed by atoms with Crippen molar-refractivity contribution in [3.8, 4) is 0 Å². The number of thioether (sulfide) groups is 1. The zero-order valence-corrected chi connectivity index (χ0v) is 10.7. The van der Waals surface area contributed by atoms with Crippen LogP contribution in [-0.4, -0.2) is 16.8 Å². The Morgan fingerprint density at radius 2 is 2.47 bits per heavy atom. The van der Waals surface area contributed by atoms with Crippen LogP contribution < -0.4 is 5.73 Å². The molecule has 0 aliphatic heterocycles. The first-order chi connectivity index (χ1) is 7.25. The summed E-state index contributed by atoms with van der Waals surface area (Å²) in [6, 6.07) is 0.462. The van der Waals surface area contributed by atoms with Gasteiger partial charge in [0.05, 0.1) is 0 Å². The molecule has 1 saturated carbocycles. The van der Waals surface area contributed by atoms with E-state index in [-0.39, 0.29) is 0 Å². The maximum absolute atomic E-state index is 6.04. The highest BCUT2D eigenvalue weighted by atomic mass is 32.2. The van der Waals surface area contributed by atoms with Gasteiger partial charge < -0.3 is 5.73 Å². The van der Waals surface area contributed by atoms with Crippen LogP contribution in [0.3, 0.4) is 0 Å². The van der Waals surface area contributed by atoms with Crippen LogP contribution in [0, 0.1) is 12.8 Å². The standard InChI is InChI=1S/C11H18N2S2/c1-8-7-15-11(13-8)14-6-5-9-3-2-4-10(9)12/h7,9-10H,2-6,12H2,1H3. The molecule has 2 nitrogen and oxygen atoms in total. The molecule has 1 aromatic rings. The zero-order valence-electron chi connectivity index (χ0n) is 9.11. The predicted octanol–water partition coefficient (Wildman–Crippen LogP) is 3.06. The Kier molecular flexibility index (Phi) is 4.05. The first kappa shape index (κ1) is 11.4. The Hall–Kier alpha value is -0.0600. The Morgan fingerprint density at radius 3 is 3.07 bits per heavy atom. The zero-order chi connectivity index (χ0) is 10.7. The monoisotopic (exact) mass is 242 g/mol. The number of thiazole rings is 1. The van der Waals surface area contributed by atoms with E-state index in [9.17, 15) is 0 Å². The van der Waals surface area contributed by atoms with Crippen LogP contribution in [0.4, 0.5) is 0 Å². The van der Waals surface area contributed by atoms with Crippen molar-refractivity contribution in [1.82, 2.24) is 4.98 Å². The maximum atomic E-state index is 6.04. The van der Waals surface area contributed by atoms with E-state index in [0.29, 0.717) is 6.04 Å². The number of nitrogens with zero attached hydrogens (tertiary/aromatic N) is 1. The van der Waals surface area contributed by atoms with E-state index < -0.39 is 0 Å². The van der Waals surface area contributed by atoms with Crippen molar-refractivity contribution in [2.24, 2.45) is 11.7 Å². The third-order valence-corrected chi connectivity index (χ3v) is 5.20. The van der Waals surface area contributed by atoms with Gasteiger partial charge in [-0.05, 0) is 32.1 Å². The third kappa shape index (κ3) is 3.20. The molecule has 0 bridgehead atoms. The molecule has 0 spiro atoms. The minimum atomic E-state index is 0.462. The van der Waals surface area contributed by atoms with Gasteiger partial charge in [0.1, 0.15) is 4.34 Å². The Labute approximate surface area is 99.7 Å². The number of hydrogen-bond donors (Lipinski definition) is 1. The highest BCUT2D eigenvalue weighted by molar-refractivity contribution is 8.00. The number of rotatable bonds is 4. The average Bonchev–Trinajstić information content (AvgIpc) is 2.77. The first-order valence-corrected chi connectivity index (χ1v) is 7.43. The van der Waals surface area contributed by atoms with Gasteiger partial charge in [-0.1, -0.05) is 18.2 Å². The minimum Gasteiger partial charge on any atom is -0.327 e. The van der Waals surface area contributed by atoms with Gasteiger partial charge in [0.15, 0.2) is 0 Å². The summed E-state index contributed by atoms with van der Waals surface area (Å²) < 4.78 is 1.21. The summed E-state index contributed by atoms with van der Waals surface area (Å²) in [4.78, 5) is 4.44. The van der Waals surface area contributed by atoms with Crippen LogP contribution in [0.1, 0.15) is 31.4 Å². The van der Waals surface area contributed by atoms with E-state index >= 15 is 0 Å². The normalized spacial score (nSPS) is 26.0. The Morgan fingerprint density at radius 1 is 1.60 bits per heavy atom. The van der Waals surface area contributed by atoms with Crippen LogP contribution >= 0.6 is 23.1 Å². The van der Waals surface area contributed by atoms with E-state index in [1.54, 1.807) is 11.3 Å². The van der Waals surface area contributed by atoms with Crippen molar-refractivity contribution >= 4 is 23.1 Å². The van der Waals surface area contributed by atoms with Gasteiger partial charge in [-0.15, -0.1) is 11.3 Å². The molecule has 1 aliphatic carbocycles. The molecule has 2 N–H and O–H groups in total. The fraction of sp³-hybridized carbons (Fsp3) is 0.727. The molecule has 4 heteroatoms. The summed E-state index contributed by atoms with van der Waals surface area (Å²) in [7, 11) is 0. The smallest absolute Gasteiger partial charge is 0.150 e. The van der Waals surface area contributed by atoms with Crippen molar-refractivity contribution in [2.75, 3.05) is 5.75 Å². The molecule has 2 atom stereocenters. The lowest BCUT2D eigenvalue weighted by atomic mass is 10.0. The summed E-state index contributed by atoms with van der Waals surface area (Å²) in [6.45, 7) is 2.05. The van der Waals surface area contributed by atoms with Crippen LogP contribution in [0.25, 0.3) is 0 Å². The molecule has 2 rings (SSSR count). The maximum Gasteiger partial charge on any atom is 0.150 e.